The molecule has 2 aromatic rings. The van der Waals surface area contributed by atoms with E-state index >= 15 is 0 Å². The smallest absolute Gasteiger partial charge is 0.162 e. The Morgan fingerprint density at radius 1 is 1.15 bits per heavy atom. The summed E-state index contributed by atoms with van der Waals surface area (Å²) in [5.74, 6) is 4.22. The van der Waals surface area contributed by atoms with Gasteiger partial charge in [-0.1, -0.05) is 11.8 Å². The second-order valence-corrected chi connectivity index (χ2v) is 5.07. The molecule has 1 N–H and O–H groups in total. The second-order valence-electron chi connectivity index (χ2n) is 3.91. The minimum atomic E-state index is -0.927. The van der Waals surface area contributed by atoms with Gasteiger partial charge in [-0.25, -0.2) is 8.78 Å². The second kappa shape index (κ2) is 7.04. The summed E-state index contributed by atoms with van der Waals surface area (Å²) in [6.45, 7) is 0.321. The molecule has 104 valence electrons. The molecule has 1 aromatic heterocycles. The lowest BCUT2D eigenvalue weighted by Gasteiger charge is -2.04. The summed E-state index contributed by atoms with van der Waals surface area (Å²) >= 11 is 1.46. The van der Waals surface area contributed by atoms with Gasteiger partial charge in [-0.2, -0.15) is 0 Å². The molecule has 2 rings (SSSR count). The van der Waals surface area contributed by atoms with Crippen LogP contribution in [0.1, 0.15) is 16.2 Å². The number of thiophene rings is 1. The van der Waals surface area contributed by atoms with Gasteiger partial charge in [-0.05, 0) is 24.3 Å². The first-order valence-corrected chi connectivity index (χ1v) is 6.77. The van der Waals surface area contributed by atoms with Crippen LogP contribution in [0.5, 0.6) is 5.75 Å². The lowest BCUT2D eigenvalue weighted by molar-refractivity contribution is 0.305. The van der Waals surface area contributed by atoms with E-state index in [9.17, 15) is 8.78 Å². The summed E-state index contributed by atoms with van der Waals surface area (Å²) < 4.78 is 31.1. The first-order chi connectivity index (χ1) is 9.69. The Balaban J connectivity index is 1.94. The van der Waals surface area contributed by atoms with Crippen LogP contribution in [0.3, 0.4) is 0 Å². The maximum atomic E-state index is 13.0. The number of hydrogen-bond donors (Lipinski definition) is 1. The fourth-order valence-corrected chi connectivity index (χ4v) is 2.24. The van der Waals surface area contributed by atoms with Crippen LogP contribution in [0, 0.1) is 23.5 Å². The van der Waals surface area contributed by atoms with Gasteiger partial charge in [0.25, 0.3) is 0 Å². The zero-order valence-electron chi connectivity index (χ0n) is 10.5. The fraction of sp³-hybridized carbons (Fsp3) is 0.200. The Kier molecular flexibility index (Phi) is 5.10. The van der Waals surface area contributed by atoms with Crippen molar-refractivity contribution in [1.82, 2.24) is 0 Å². The molecule has 0 bridgehead atoms. The van der Waals surface area contributed by atoms with Crippen LogP contribution in [-0.2, 0) is 6.61 Å². The Hall–Kier alpha value is -1.90. The van der Waals surface area contributed by atoms with E-state index in [-0.39, 0.29) is 19.0 Å². The zero-order valence-corrected chi connectivity index (χ0v) is 11.3. The molecule has 0 atom stereocenters. The summed E-state index contributed by atoms with van der Waals surface area (Å²) in [6.07, 6.45) is 0.443. The van der Waals surface area contributed by atoms with Gasteiger partial charge < -0.3 is 9.84 Å². The number of benzene rings is 1. The van der Waals surface area contributed by atoms with E-state index in [1.807, 2.05) is 12.1 Å². The van der Waals surface area contributed by atoms with Crippen LogP contribution in [0.4, 0.5) is 8.78 Å². The van der Waals surface area contributed by atoms with Gasteiger partial charge in [-0.3, -0.25) is 0 Å². The third-order valence-electron chi connectivity index (χ3n) is 2.38. The Morgan fingerprint density at radius 3 is 2.75 bits per heavy atom. The van der Waals surface area contributed by atoms with Crippen LogP contribution >= 0.6 is 11.3 Å². The van der Waals surface area contributed by atoms with Crippen molar-refractivity contribution >= 4 is 11.3 Å². The number of halogens is 2. The summed E-state index contributed by atoms with van der Waals surface area (Å²) in [7, 11) is 0. The van der Waals surface area contributed by atoms with Gasteiger partial charge in [0.15, 0.2) is 11.6 Å². The molecule has 0 radical (unpaired) electrons. The van der Waals surface area contributed by atoms with Crippen molar-refractivity contribution in [2.24, 2.45) is 0 Å². The first-order valence-electron chi connectivity index (χ1n) is 5.95. The summed E-state index contributed by atoms with van der Waals surface area (Å²) in [5.41, 5.74) is 0. The van der Waals surface area contributed by atoms with Gasteiger partial charge in [0, 0.05) is 17.4 Å². The molecule has 1 aromatic carbocycles. The highest BCUT2D eigenvalue weighted by atomic mass is 32.1. The van der Waals surface area contributed by atoms with Gasteiger partial charge >= 0.3 is 0 Å². The van der Waals surface area contributed by atoms with Crippen molar-refractivity contribution in [3.8, 4) is 17.6 Å². The van der Waals surface area contributed by atoms with Gasteiger partial charge in [-0.15, -0.1) is 11.3 Å². The van der Waals surface area contributed by atoms with Gasteiger partial charge in [0.2, 0.25) is 0 Å². The highest BCUT2D eigenvalue weighted by molar-refractivity contribution is 7.12. The SMILES string of the molecule is OCCC#Cc1ccc(COc2ccc(F)c(F)c2)s1. The van der Waals surface area contributed by atoms with Crippen molar-refractivity contribution in [3.05, 3.63) is 51.7 Å². The third-order valence-corrected chi connectivity index (χ3v) is 3.36. The van der Waals surface area contributed by atoms with Crippen LogP contribution in [0.25, 0.3) is 0 Å². The van der Waals surface area contributed by atoms with Crippen LogP contribution in [0.15, 0.2) is 30.3 Å². The number of ether oxygens (including phenoxy) is 1. The molecule has 0 saturated carbocycles. The Bertz CT molecular complexity index is 641. The molecule has 20 heavy (non-hydrogen) atoms. The molecule has 0 aliphatic rings. The normalized spacial score (nSPS) is 9.95. The minimum Gasteiger partial charge on any atom is -0.488 e. The molecule has 0 aliphatic heterocycles. The Labute approximate surface area is 119 Å². The average Bonchev–Trinajstić information content (AvgIpc) is 2.88. The summed E-state index contributed by atoms with van der Waals surface area (Å²) in [5, 5.41) is 8.63. The molecule has 0 amide bonds. The lowest BCUT2D eigenvalue weighted by atomic mass is 10.3. The molecular formula is C15H12F2O2S. The zero-order chi connectivity index (χ0) is 14.4. The maximum Gasteiger partial charge on any atom is 0.162 e. The molecule has 0 saturated heterocycles. The third kappa shape index (κ3) is 4.05. The van der Waals surface area contributed by atoms with Crippen LogP contribution in [-0.4, -0.2) is 11.7 Å². The van der Waals surface area contributed by atoms with E-state index < -0.39 is 11.6 Å². The average molecular weight is 294 g/mol. The van der Waals surface area contributed by atoms with Gasteiger partial charge in [0.05, 0.1) is 11.5 Å². The van der Waals surface area contributed by atoms with Gasteiger partial charge in [0.1, 0.15) is 12.4 Å². The van der Waals surface area contributed by atoms with Crippen molar-refractivity contribution in [2.45, 2.75) is 13.0 Å². The maximum absolute atomic E-state index is 13.0. The van der Waals surface area contributed by atoms with Crippen molar-refractivity contribution in [2.75, 3.05) is 6.61 Å². The predicted molar refractivity (Wildman–Crippen MR) is 73.6 cm³/mol. The number of rotatable bonds is 4. The molecule has 5 heteroatoms. The quantitative estimate of drug-likeness (QED) is 0.876. The molecule has 0 spiro atoms. The Morgan fingerprint density at radius 2 is 2.00 bits per heavy atom. The van der Waals surface area contributed by atoms with Crippen LogP contribution < -0.4 is 4.74 Å². The predicted octanol–water partition coefficient (Wildman–Crippen LogP) is 3.34. The van der Waals surface area contributed by atoms with E-state index in [0.717, 1.165) is 21.9 Å². The van der Waals surface area contributed by atoms with Crippen molar-refractivity contribution < 1.29 is 18.6 Å². The molecule has 2 nitrogen and oxygen atoms in total. The topological polar surface area (TPSA) is 29.5 Å². The molecule has 0 unspecified atom stereocenters. The molecule has 0 aliphatic carbocycles. The highest BCUT2D eigenvalue weighted by Gasteiger charge is 2.04. The minimum absolute atomic E-state index is 0.0461. The number of aliphatic hydroxyl groups excluding tert-OH is 1. The van der Waals surface area contributed by atoms with E-state index in [4.69, 9.17) is 9.84 Å². The number of hydrogen-bond acceptors (Lipinski definition) is 3. The van der Waals surface area contributed by atoms with E-state index in [2.05, 4.69) is 11.8 Å². The van der Waals surface area contributed by atoms with E-state index in [1.54, 1.807) is 0 Å². The van der Waals surface area contributed by atoms with E-state index in [1.165, 1.54) is 17.4 Å². The largest absolute Gasteiger partial charge is 0.488 e. The first kappa shape index (κ1) is 14.5. The summed E-state index contributed by atoms with van der Waals surface area (Å²) in [4.78, 5) is 1.81. The van der Waals surface area contributed by atoms with Crippen LogP contribution in [0.2, 0.25) is 0 Å². The standard InChI is InChI=1S/C15H12F2O2S/c16-14-7-4-11(9-15(14)17)19-10-13-6-5-12(20-13)3-1-2-8-18/h4-7,9,18H,2,8,10H2. The molecular weight excluding hydrogens is 282 g/mol. The lowest BCUT2D eigenvalue weighted by Crippen LogP contribution is -1.94. The molecule has 0 fully saturated rings. The molecule has 1 heterocycles. The highest BCUT2D eigenvalue weighted by Crippen LogP contribution is 2.20. The summed E-state index contributed by atoms with van der Waals surface area (Å²) in [6, 6.07) is 7.16. The number of aliphatic hydroxyl groups is 1. The van der Waals surface area contributed by atoms with Crippen molar-refractivity contribution in [3.63, 3.8) is 0 Å². The monoisotopic (exact) mass is 294 g/mol. The fourth-order valence-electron chi connectivity index (χ4n) is 1.45. The van der Waals surface area contributed by atoms with E-state index in [0.29, 0.717) is 6.42 Å². The van der Waals surface area contributed by atoms with Crippen molar-refractivity contribution in [1.29, 1.82) is 0 Å².